The van der Waals surface area contributed by atoms with E-state index in [-0.39, 0.29) is 31.6 Å². The Morgan fingerprint density at radius 3 is 2.05 bits per heavy atom. The van der Waals surface area contributed by atoms with Crippen molar-refractivity contribution in [3.63, 3.8) is 0 Å². The molecule has 6 nitrogen and oxygen atoms in total. The quantitative estimate of drug-likeness (QED) is 0.369. The number of hydrogen-bond acceptors (Lipinski definition) is 5. The van der Waals surface area contributed by atoms with Gasteiger partial charge in [0.25, 0.3) is 0 Å². The second-order valence-corrected chi connectivity index (χ2v) is 5.07. The first kappa shape index (κ1) is 19.4. The molecule has 1 atom stereocenters. The van der Waals surface area contributed by atoms with Crippen LogP contribution in [0.4, 0.5) is 0 Å². The minimum Gasteiger partial charge on any atom is -0.332 e. The highest BCUT2D eigenvalue weighted by molar-refractivity contribution is 5.78. The molecule has 0 bridgehead atoms. The van der Waals surface area contributed by atoms with Crippen molar-refractivity contribution in [1.29, 1.82) is 0 Å². The van der Waals surface area contributed by atoms with Crippen molar-refractivity contribution in [2.45, 2.75) is 45.6 Å². The number of carbonyl (C=O) groups excluding carboxylic acids is 4. The van der Waals surface area contributed by atoms with Gasteiger partial charge in [0, 0.05) is 19.0 Å². The zero-order valence-corrected chi connectivity index (χ0v) is 13.0. The Bertz CT molecular complexity index is 324. The summed E-state index contributed by atoms with van der Waals surface area (Å²) >= 11 is 0. The molecule has 0 N–H and O–H groups in total. The first-order valence-corrected chi connectivity index (χ1v) is 7.43. The molecule has 1 unspecified atom stereocenters. The van der Waals surface area contributed by atoms with Crippen molar-refractivity contribution in [2.75, 3.05) is 26.2 Å². The van der Waals surface area contributed by atoms with Crippen LogP contribution >= 0.6 is 0 Å². The third-order valence-corrected chi connectivity index (χ3v) is 3.31. The lowest BCUT2D eigenvalue weighted by Crippen LogP contribution is -2.47. The second-order valence-electron chi connectivity index (χ2n) is 5.07. The maximum Gasteiger partial charge on any atom is 0.223 e. The summed E-state index contributed by atoms with van der Waals surface area (Å²) in [7, 11) is 0. The van der Waals surface area contributed by atoms with E-state index >= 15 is 0 Å². The van der Waals surface area contributed by atoms with Crippen LogP contribution in [0.25, 0.3) is 0 Å². The highest BCUT2D eigenvalue weighted by atomic mass is 16.2. The number of nitrogens with zero attached hydrogens (tertiary/aromatic N) is 2. The normalized spacial score (nSPS) is 12.0. The van der Waals surface area contributed by atoms with Crippen LogP contribution in [0.3, 0.4) is 0 Å². The predicted molar refractivity (Wildman–Crippen MR) is 79.9 cm³/mol. The van der Waals surface area contributed by atoms with Gasteiger partial charge in [-0.2, -0.15) is 0 Å². The van der Waals surface area contributed by atoms with E-state index in [0.717, 1.165) is 31.8 Å². The molecule has 0 aromatic rings. The van der Waals surface area contributed by atoms with Gasteiger partial charge in [0.1, 0.15) is 18.9 Å². The summed E-state index contributed by atoms with van der Waals surface area (Å²) in [5.41, 5.74) is 0. The third kappa shape index (κ3) is 8.34. The molecule has 0 saturated carbocycles. The molecule has 0 aromatic heterocycles. The topological polar surface area (TPSA) is 74.8 Å². The molecule has 0 aromatic carbocycles. The number of rotatable bonds is 13. The van der Waals surface area contributed by atoms with E-state index in [0.29, 0.717) is 19.3 Å². The van der Waals surface area contributed by atoms with Gasteiger partial charge in [0.05, 0.1) is 19.6 Å². The van der Waals surface area contributed by atoms with Gasteiger partial charge in [0.2, 0.25) is 5.91 Å². The van der Waals surface area contributed by atoms with E-state index in [4.69, 9.17) is 0 Å². The van der Waals surface area contributed by atoms with Crippen molar-refractivity contribution in [3.8, 4) is 0 Å². The molecule has 0 radical (unpaired) electrons. The van der Waals surface area contributed by atoms with E-state index in [1.807, 2.05) is 6.92 Å². The van der Waals surface area contributed by atoms with Crippen LogP contribution in [-0.4, -0.2) is 66.8 Å². The number of carbonyl (C=O) groups is 4. The van der Waals surface area contributed by atoms with Crippen molar-refractivity contribution in [3.05, 3.63) is 0 Å². The van der Waals surface area contributed by atoms with Crippen LogP contribution in [0.15, 0.2) is 0 Å². The lowest BCUT2D eigenvalue weighted by molar-refractivity contribution is -0.135. The van der Waals surface area contributed by atoms with Crippen molar-refractivity contribution in [2.24, 2.45) is 0 Å². The number of unbranched alkanes of at least 4 members (excludes halogenated alkanes) is 2. The zero-order chi connectivity index (χ0) is 16.1. The summed E-state index contributed by atoms with van der Waals surface area (Å²) in [5, 5.41) is 0. The van der Waals surface area contributed by atoms with Gasteiger partial charge < -0.3 is 19.3 Å². The molecule has 120 valence electrons. The monoisotopic (exact) mass is 298 g/mol. The Kier molecular flexibility index (Phi) is 11.3. The van der Waals surface area contributed by atoms with Crippen molar-refractivity contribution >= 4 is 24.8 Å². The highest BCUT2D eigenvalue weighted by Gasteiger charge is 2.21. The summed E-state index contributed by atoms with van der Waals surface area (Å²) in [6.45, 7) is 4.61. The molecule has 0 aliphatic carbocycles. The molecular formula is C15H26N2O4. The van der Waals surface area contributed by atoms with E-state index in [9.17, 15) is 19.2 Å². The molecule has 0 heterocycles. The van der Waals surface area contributed by atoms with Gasteiger partial charge in [0.15, 0.2) is 0 Å². The fourth-order valence-electron chi connectivity index (χ4n) is 2.18. The summed E-state index contributed by atoms with van der Waals surface area (Å²) in [5.74, 6) is -0.0554. The Hall–Kier alpha value is -1.56. The molecule has 0 aliphatic heterocycles. The third-order valence-electron chi connectivity index (χ3n) is 3.31. The summed E-state index contributed by atoms with van der Waals surface area (Å²) < 4.78 is 0. The lowest BCUT2D eigenvalue weighted by atomic mass is 10.1. The molecule has 0 rings (SSSR count). The molecule has 0 aliphatic rings. The summed E-state index contributed by atoms with van der Waals surface area (Å²) in [6.07, 6.45) is 5.41. The number of amides is 1. The molecule has 6 heteroatoms. The first-order chi connectivity index (χ1) is 10.1. The Labute approximate surface area is 126 Å². The average molecular weight is 298 g/mol. The van der Waals surface area contributed by atoms with Crippen LogP contribution in [0.1, 0.15) is 39.5 Å². The van der Waals surface area contributed by atoms with Gasteiger partial charge in [-0.1, -0.05) is 19.8 Å². The van der Waals surface area contributed by atoms with E-state index in [1.54, 1.807) is 4.90 Å². The molecular weight excluding hydrogens is 272 g/mol. The van der Waals surface area contributed by atoms with E-state index < -0.39 is 0 Å². The van der Waals surface area contributed by atoms with Gasteiger partial charge in [-0.05, 0) is 13.3 Å². The largest absolute Gasteiger partial charge is 0.332 e. The van der Waals surface area contributed by atoms with Gasteiger partial charge in [-0.15, -0.1) is 0 Å². The summed E-state index contributed by atoms with van der Waals surface area (Å²) in [4.78, 5) is 47.3. The average Bonchev–Trinajstić information content (AvgIpc) is 2.45. The lowest BCUT2D eigenvalue weighted by Gasteiger charge is -2.31. The van der Waals surface area contributed by atoms with Crippen LogP contribution in [-0.2, 0) is 19.2 Å². The van der Waals surface area contributed by atoms with Crippen LogP contribution in [0.2, 0.25) is 0 Å². The smallest absolute Gasteiger partial charge is 0.223 e. The maximum absolute atomic E-state index is 12.2. The Balaban J connectivity index is 4.59. The predicted octanol–water partition coefficient (Wildman–Crippen LogP) is 0.683. The fraction of sp³-hybridized carbons (Fsp3) is 0.733. The van der Waals surface area contributed by atoms with E-state index in [1.165, 1.54) is 4.90 Å². The summed E-state index contributed by atoms with van der Waals surface area (Å²) in [6, 6.07) is -0.218. The minimum atomic E-state index is -0.218. The van der Waals surface area contributed by atoms with Crippen molar-refractivity contribution < 1.29 is 19.2 Å². The first-order valence-electron chi connectivity index (χ1n) is 7.43. The van der Waals surface area contributed by atoms with Crippen molar-refractivity contribution in [1.82, 2.24) is 9.80 Å². The van der Waals surface area contributed by atoms with Gasteiger partial charge in [-0.25, -0.2) is 0 Å². The SMILES string of the molecule is CCCCCC(=O)N(CC=O)C(C)CN(CC=O)CC=O. The van der Waals surface area contributed by atoms with Crippen LogP contribution < -0.4 is 0 Å². The van der Waals surface area contributed by atoms with Crippen LogP contribution in [0, 0.1) is 0 Å². The molecule has 0 fully saturated rings. The van der Waals surface area contributed by atoms with E-state index in [2.05, 4.69) is 6.92 Å². The fourth-order valence-corrected chi connectivity index (χ4v) is 2.18. The molecule has 0 spiro atoms. The Morgan fingerprint density at radius 1 is 1.00 bits per heavy atom. The highest BCUT2D eigenvalue weighted by Crippen LogP contribution is 2.08. The second kappa shape index (κ2) is 12.2. The van der Waals surface area contributed by atoms with Gasteiger partial charge >= 0.3 is 0 Å². The Morgan fingerprint density at radius 2 is 1.57 bits per heavy atom. The van der Waals surface area contributed by atoms with Crippen LogP contribution in [0.5, 0.6) is 0 Å². The number of hydrogen-bond donors (Lipinski definition) is 0. The maximum atomic E-state index is 12.2. The number of aldehydes is 3. The molecule has 0 saturated heterocycles. The molecule has 1 amide bonds. The zero-order valence-electron chi connectivity index (χ0n) is 13.0. The van der Waals surface area contributed by atoms with Gasteiger partial charge in [-0.3, -0.25) is 9.69 Å². The minimum absolute atomic E-state index is 0.0438. The molecule has 21 heavy (non-hydrogen) atoms. The standard InChI is InChI=1S/C15H26N2O4/c1-3-4-5-6-15(21)17(9-12-20)14(2)13-16(7-10-18)8-11-19/h10-12,14H,3-9,13H2,1-2H3.